The molecule has 0 spiro atoms. The highest BCUT2D eigenvalue weighted by Crippen LogP contribution is 2.33. The quantitative estimate of drug-likeness (QED) is 0.530. The standard InChI is InChI=1S/C22H19ClN2O4S2/c1-4-29-21(27)18-12(2)24-22-25(19(18)16-6-5-9-30-16)20(26)17(31-22)11-13-7-8-15(28-3)14(23)10-13/h5-11,19H,4H2,1-3H3/b17-11+/t19-/m1/s1. The molecule has 1 aromatic carbocycles. The number of allylic oxidation sites excluding steroid dienone is 1. The van der Waals surface area contributed by atoms with Crippen LogP contribution in [0.25, 0.3) is 6.08 Å². The van der Waals surface area contributed by atoms with Gasteiger partial charge in [-0.15, -0.1) is 11.3 Å². The van der Waals surface area contributed by atoms with E-state index in [4.69, 9.17) is 21.1 Å². The first-order valence-electron chi connectivity index (χ1n) is 9.51. The Hall–Kier alpha value is -2.68. The number of aromatic nitrogens is 1. The second-order valence-electron chi connectivity index (χ2n) is 6.71. The van der Waals surface area contributed by atoms with Crippen molar-refractivity contribution < 1.29 is 14.3 Å². The zero-order valence-corrected chi connectivity index (χ0v) is 19.4. The first-order chi connectivity index (χ1) is 14.9. The predicted octanol–water partition coefficient (Wildman–Crippen LogP) is 3.52. The molecule has 0 unspecified atom stereocenters. The van der Waals surface area contributed by atoms with E-state index in [-0.39, 0.29) is 12.2 Å². The van der Waals surface area contributed by atoms with E-state index in [1.54, 1.807) is 43.7 Å². The Bertz CT molecular complexity index is 1350. The number of fused-ring (bicyclic) bond motifs is 1. The summed E-state index contributed by atoms with van der Waals surface area (Å²) in [6.07, 6.45) is 1.77. The average Bonchev–Trinajstić information content (AvgIpc) is 3.36. The van der Waals surface area contributed by atoms with E-state index >= 15 is 0 Å². The number of nitrogens with zero attached hydrogens (tertiary/aromatic N) is 2. The summed E-state index contributed by atoms with van der Waals surface area (Å²) in [4.78, 5) is 32.1. The lowest BCUT2D eigenvalue weighted by atomic mass is 10.0. The fraction of sp³-hybridized carbons (Fsp3) is 0.227. The summed E-state index contributed by atoms with van der Waals surface area (Å²) in [5.74, 6) is 0.103. The molecule has 1 aliphatic heterocycles. The monoisotopic (exact) mass is 474 g/mol. The summed E-state index contributed by atoms with van der Waals surface area (Å²) < 4.78 is 12.5. The van der Waals surface area contributed by atoms with Gasteiger partial charge in [0.2, 0.25) is 0 Å². The van der Waals surface area contributed by atoms with Gasteiger partial charge in [0.1, 0.15) is 11.8 Å². The minimum atomic E-state index is -0.572. The topological polar surface area (TPSA) is 69.9 Å². The van der Waals surface area contributed by atoms with Crippen molar-refractivity contribution in [1.82, 2.24) is 4.57 Å². The van der Waals surface area contributed by atoms with Gasteiger partial charge in [-0.1, -0.05) is 35.1 Å². The molecule has 0 radical (unpaired) electrons. The second kappa shape index (κ2) is 8.82. The number of thiophene rings is 1. The van der Waals surface area contributed by atoms with Crippen molar-refractivity contribution in [2.24, 2.45) is 4.99 Å². The number of rotatable bonds is 5. The molecule has 0 amide bonds. The highest BCUT2D eigenvalue weighted by Gasteiger charge is 2.33. The highest BCUT2D eigenvalue weighted by atomic mass is 35.5. The SMILES string of the molecule is CCOC(=O)C1=C(C)N=c2s/c(=C/c3ccc(OC)c(Cl)c3)c(=O)n2[C@@H]1c1cccs1. The van der Waals surface area contributed by atoms with Gasteiger partial charge < -0.3 is 9.47 Å². The van der Waals surface area contributed by atoms with Crippen LogP contribution in [-0.2, 0) is 9.53 Å². The van der Waals surface area contributed by atoms with Crippen LogP contribution in [0, 0.1) is 0 Å². The van der Waals surface area contributed by atoms with Crippen molar-refractivity contribution in [3.8, 4) is 5.75 Å². The molecule has 1 atom stereocenters. The minimum Gasteiger partial charge on any atom is -0.495 e. The van der Waals surface area contributed by atoms with Gasteiger partial charge in [-0.25, -0.2) is 9.79 Å². The Morgan fingerprint density at radius 1 is 1.35 bits per heavy atom. The number of halogens is 1. The third-order valence-corrected chi connectivity index (χ3v) is 7.01. The zero-order valence-electron chi connectivity index (χ0n) is 17.0. The molecule has 0 fully saturated rings. The maximum absolute atomic E-state index is 13.4. The van der Waals surface area contributed by atoms with Gasteiger partial charge in [0.05, 0.1) is 34.5 Å². The number of benzene rings is 1. The summed E-state index contributed by atoms with van der Waals surface area (Å²) in [6.45, 7) is 3.77. The molecule has 3 heterocycles. The molecule has 4 rings (SSSR count). The van der Waals surface area contributed by atoms with E-state index in [2.05, 4.69) is 4.99 Å². The van der Waals surface area contributed by atoms with Crippen molar-refractivity contribution in [3.63, 3.8) is 0 Å². The Kier molecular flexibility index (Phi) is 6.13. The summed E-state index contributed by atoms with van der Waals surface area (Å²) in [5.41, 5.74) is 1.49. The zero-order chi connectivity index (χ0) is 22.1. The lowest BCUT2D eigenvalue weighted by Gasteiger charge is -2.23. The number of esters is 1. The number of ether oxygens (including phenoxy) is 2. The largest absolute Gasteiger partial charge is 0.495 e. The molecule has 0 saturated carbocycles. The van der Waals surface area contributed by atoms with Crippen LogP contribution in [0.15, 0.2) is 56.8 Å². The van der Waals surface area contributed by atoms with Crippen LogP contribution in [0.5, 0.6) is 5.75 Å². The van der Waals surface area contributed by atoms with Crippen molar-refractivity contribution in [2.75, 3.05) is 13.7 Å². The minimum absolute atomic E-state index is 0.219. The van der Waals surface area contributed by atoms with Crippen LogP contribution in [-0.4, -0.2) is 24.3 Å². The van der Waals surface area contributed by atoms with Crippen molar-refractivity contribution in [3.05, 3.63) is 82.1 Å². The molecule has 0 bridgehead atoms. The molecular formula is C22H19ClN2O4S2. The summed E-state index contributed by atoms with van der Waals surface area (Å²) >= 11 is 8.99. The Morgan fingerprint density at radius 2 is 2.16 bits per heavy atom. The summed E-state index contributed by atoms with van der Waals surface area (Å²) in [7, 11) is 1.55. The molecule has 3 aromatic rings. The van der Waals surface area contributed by atoms with Gasteiger partial charge in [-0.05, 0) is 49.1 Å². The fourth-order valence-corrected chi connectivity index (χ4v) is 5.57. The van der Waals surface area contributed by atoms with Crippen molar-refractivity contribution in [2.45, 2.75) is 19.9 Å². The van der Waals surface area contributed by atoms with Crippen molar-refractivity contribution >= 4 is 46.3 Å². The molecule has 160 valence electrons. The molecule has 9 heteroatoms. The first kappa shape index (κ1) is 21.5. The molecule has 2 aromatic heterocycles. The molecule has 1 aliphatic rings. The fourth-order valence-electron chi connectivity index (χ4n) is 3.43. The number of carbonyl (C=O) groups excluding carboxylic acids is 1. The molecule has 6 nitrogen and oxygen atoms in total. The average molecular weight is 475 g/mol. The second-order valence-corrected chi connectivity index (χ2v) is 9.11. The number of hydrogen-bond donors (Lipinski definition) is 0. The summed E-state index contributed by atoms with van der Waals surface area (Å²) in [6, 6.07) is 8.56. The van der Waals surface area contributed by atoms with Crippen LogP contribution in [0.3, 0.4) is 0 Å². The Morgan fingerprint density at radius 3 is 2.81 bits per heavy atom. The third kappa shape index (κ3) is 3.98. The van der Waals surface area contributed by atoms with Gasteiger partial charge in [0.25, 0.3) is 5.56 Å². The van der Waals surface area contributed by atoms with E-state index in [0.29, 0.717) is 31.4 Å². The van der Waals surface area contributed by atoms with Gasteiger partial charge in [0, 0.05) is 4.88 Å². The normalized spacial score (nSPS) is 16.1. The van der Waals surface area contributed by atoms with E-state index in [1.165, 1.54) is 22.7 Å². The van der Waals surface area contributed by atoms with E-state index < -0.39 is 12.0 Å². The smallest absolute Gasteiger partial charge is 0.338 e. The number of methoxy groups -OCH3 is 1. The maximum atomic E-state index is 13.4. The number of hydrogen-bond acceptors (Lipinski definition) is 7. The first-order valence-corrected chi connectivity index (χ1v) is 11.6. The van der Waals surface area contributed by atoms with Crippen LogP contribution >= 0.6 is 34.3 Å². The van der Waals surface area contributed by atoms with Crippen LogP contribution in [0.4, 0.5) is 0 Å². The maximum Gasteiger partial charge on any atom is 0.338 e. The number of thiazole rings is 1. The van der Waals surface area contributed by atoms with E-state index in [1.807, 2.05) is 23.6 Å². The van der Waals surface area contributed by atoms with Gasteiger partial charge >= 0.3 is 5.97 Å². The van der Waals surface area contributed by atoms with Crippen molar-refractivity contribution in [1.29, 1.82) is 0 Å². The molecule has 31 heavy (non-hydrogen) atoms. The molecule has 0 saturated heterocycles. The lowest BCUT2D eigenvalue weighted by Crippen LogP contribution is -2.39. The Labute approximate surface area is 191 Å². The third-order valence-electron chi connectivity index (χ3n) is 4.80. The predicted molar refractivity (Wildman–Crippen MR) is 123 cm³/mol. The van der Waals surface area contributed by atoms with Gasteiger partial charge in [0.15, 0.2) is 4.80 Å². The van der Waals surface area contributed by atoms with Gasteiger partial charge in [-0.2, -0.15) is 0 Å². The molecular weight excluding hydrogens is 456 g/mol. The lowest BCUT2D eigenvalue weighted by molar-refractivity contribution is -0.139. The van der Waals surface area contributed by atoms with Crippen LogP contribution in [0.1, 0.15) is 30.3 Å². The highest BCUT2D eigenvalue weighted by molar-refractivity contribution is 7.10. The van der Waals surface area contributed by atoms with Crippen LogP contribution in [0.2, 0.25) is 5.02 Å². The van der Waals surface area contributed by atoms with E-state index in [9.17, 15) is 9.59 Å². The molecule has 0 N–H and O–H groups in total. The van der Waals surface area contributed by atoms with E-state index in [0.717, 1.165) is 10.4 Å². The summed E-state index contributed by atoms with van der Waals surface area (Å²) in [5, 5.41) is 2.38. The Balaban J connectivity index is 1.91. The van der Waals surface area contributed by atoms with Gasteiger partial charge in [-0.3, -0.25) is 9.36 Å². The number of carbonyl (C=O) groups is 1. The molecule has 0 aliphatic carbocycles. The van der Waals surface area contributed by atoms with Crippen LogP contribution < -0.4 is 19.6 Å².